The summed E-state index contributed by atoms with van der Waals surface area (Å²) in [6, 6.07) is 32.1. The Bertz CT molecular complexity index is 1690. The molecule has 8 nitrogen and oxygen atoms in total. The van der Waals surface area contributed by atoms with Gasteiger partial charge in [-0.05, 0) is 54.4 Å². The van der Waals surface area contributed by atoms with Crippen LogP contribution in [0.3, 0.4) is 0 Å². The summed E-state index contributed by atoms with van der Waals surface area (Å²) in [5.74, 6) is 0.679. The van der Waals surface area contributed by atoms with Crippen LogP contribution in [0, 0.1) is 6.92 Å². The summed E-state index contributed by atoms with van der Waals surface area (Å²) in [5, 5.41) is 5.98. The van der Waals surface area contributed by atoms with Gasteiger partial charge in [0.1, 0.15) is 17.5 Å². The van der Waals surface area contributed by atoms with E-state index in [9.17, 15) is 14.4 Å². The molecule has 0 aliphatic carbocycles. The molecule has 2 aliphatic rings. The molecule has 0 saturated carbocycles. The molecule has 216 valence electrons. The number of carbonyl (C=O) groups excluding carboxylic acids is 3. The van der Waals surface area contributed by atoms with Crippen LogP contribution >= 0.6 is 0 Å². The maximum absolute atomic E-state index is 14.3. The first-order chi connectivity index (χ1) is 20.9. The number of nitrogens with one attached hydrogen (secondary N) is 2. The van der Waals surface area contributed by atoms with Crippen molar-refractivity contribution in [2.45, 2.75) is 25.4 Å². The highest BCUT2D eigenvalue weighted by atomic mass is 16.5. The Balaban J connectivity index is 1.32. The number of benzene rings is 4. The summed E-state index contributed by atoms with van der Waals surface area (Å²) < 4.78 is 6.03. The molecule has 0 radical (unpaired) electrons. The van der Waals surface area contributed by atoms with E-state index in [1.165, 1.54) is 4.90 Å². The Morgan fingerprint density at radius 1 is 0.907 bits per heavy atom. The first kappa shape index (κ1) is 27.8. The number of amides is 4. The molecule has 2 N–H and O–H groups in total. The molecule has 2 atom stereocenters. The normalized spacial score (nSPS) is 16.9. The number of anilines is 1. The second kappa shape index (κ2) is 11.9. The first-order valence-corrected chi connectivity index (χ1v) is 14.2. The number of carbonyl (C=O) groups is 3. The number of urea groups is 1. The molecular formula is C35H32N4O4. The number of hydrogen-bond donors (Lipinski definition) is 2. The molecule has 4 amide bonds. The number of likely N-dealkylation sites (N-methyl/N-ethyl adjacent to an activating group) is 1. The van der Waals surface area contributed by atoms with Gasteiger partial charge in [0.15, 0.2) is 0 Å². The van der Waals surface area contributed by atoms with Crippen molar-refractivity contribution < 1.29 is 19.1 Å². The van der Waals surface area contributed by atoms with E-state index in [1.54, 1.807) is 11.9 Å². The lowest BCUT2D eigenvalue weighted by atomic mass is 9.95. The molecule has 0 bridgehead atoms. The number of nitrogens with zero attached hydrogens (tertiary/aromatic N) is 2. The van der Waals surface area contributed by atoms with Gasteiger partial charge in [-0.3, -0.25) is 14.5 Å². The molecular weight excluding hydrogens is 540 g/mol. The third-order valence-electron chi connectivity index (χ3n) is 7.83. The first-order valence-electron chi connectivity index (χ1n) is 14.2. The topological polar surface area (TPSA) is 91.0 Å². The highest BCUT2D eigenvalue weighted by molar-refractivity contribution is 6.05. The zero-order valence-corrected chi connectivity index (χ0v) is 24.0. The van der Waals surface area contributed by atoms with Crippen molar-refractivity contribution in [3.8, 4) is 11.5 Å². The summed E-state index contributed by atoms with van der Waals surface area (Å²) >= 11 is 0. The van der Waals surface area contributed by atoms with Crippen LogP contribution in [0.5, 0.6) is 11.5 Å². The predicted molar refractivity (Wildman–Crippen MR) is 164 cm³/mol. The van der Waals surface area contributed by atoms with Crippen LogP contribution in [-0.2, 0) is 16.0 Å². The van der Waals surface area contributed by atoms with Gasteiger partial charge in [-0.25, -0.2) is 4.79 Å². The Hall–Kier alpha value is -5.37. The zero-order valence-electron chi connectivity index (χ0n) is 24.0. The maximum atomic E-state index is 14.3. The molecule has 6 rings (SSSR count). The van der Waals surface area contributed by atoms with E-state index in [0.29, 0.717) is 40.4 Å². The van der Waals surface area contributed by atoms with Crippen molar-refractivity contribution in [3.63, 3.8) is 0 Å². The molecule has 0 saturated heterocycles. The molecule has 8 heteroatoms. The number of rotatable bonds is 8. The zero-order chi connectivity index (χ0) is 29.9. The van der Waals surface area contributed by atoms with E-state index >= 15 is 0 Å². The quantitative estimate of drug-likeness (QED) is 0.278. The van der Waals surface area contributed by atoms with Gasteiger partial charge in [0.25, 0.3) is 5.91 Å². The van der Waals surface area contributed by atoms with Gasteiger partial charge in [-0.15, -0.1) is 0 Å². The highest BCUT2D eigenvalue weighted by Gasteiger charge is 2.46. The highest BCUT2D eigenvalue weighted by Crippen LogP contribution is 2.38. The number of para-hydroxylation sites is 1. The van der Waals surface area contributed by atoms with Gasteiger partial charge < -0.3 is 20.3 Å². The fourth-order valence-corrected chi connectivity index (χ4v) is 5.52. The van der Waals surface area contributed by atoms with E-state index in [2.05, 4.69) is 10.6 Å². The maximum Gasteiger partial charge on any atom is 0.322 e. The third-order valence-corrected chi connectivity index (χ3v) is 7.83. The molecule has 0 aromatic heterocycles. The van der Waals surface area contributed by atoms with Crippen molar-refractivity contribution in [2.24, 2.45) is 0 Å². The number of aryl methyl sites for hydroxylation is 1. The minimum Gasteiger partial charge on any atom is -0.457 e. The summed E-state index contributed by atoms with van der Waals surface area (Å²) in [4.78, 5) is 44.2. The largest absolute Gasteiger partial charge is 0.457 e. The van der Waals surface area contributed by atoms with E-state index in [1.807, 2.05) is 116 Å². The van der Waals surface area contributed by atoms with Crippen LogP contribution in [0.2, 0.25) is 0 Å². The molecule has 4 aromatic rings. The van der Waals surface area contributed by atoms with Gasteiger partial charge >= 0.3 is 6.03 Å². The van der Waals surface area contributed by atoms with Crippen molar-refractivity contribution in [2.75, 3.05) is 18.9 Å². The van der Waals surface area contributed by atoms with E-state index in [-0.39, 0.29) is 24.4 Å². The lowest BCUT2D eigenvalue weighted by Crippen LogP contribution is -2.47. The minimum atomic E-state index is -0.807. The second-order valence-corrected chi connectivity index (χ2v) is 10.8. The van der Waals surface area contributed by atoms with Crippen molar-refractivity contribution >= 4 is 23.5 Å². The smallest absolute Gasteiger partial charge is 0.322 e. The second-order valence-electron chi connectivity index (χ2n) is 10.8. The predicted octanol–water partition coefficient (Wildman–Crippen LogP) is 5.83. The van der Waals surface area contributed by atoms with Crippen molar-refractivity contribution in [1.29, 1.82) is 0 Å². The van der Waals surface area contributed by atoms with Crippen LogP contribution in [-0.4, -0.2) is 47.3 Å². The van der Waals surface area contributed by atoms with Gasteiger partial charge in [-0.2, -0.15) is 0 Å². The lowest BCUT2D eigenvalue weighted by Gasteiger charge is -2.31. The van der Waals surface area contributed by atoms with Gasteiger partial charge in [-0.1, -0.05) is 78.4 Å². The van der Waals surface area contributed by atoms with Crippen LogP contribution < -0.4 is 15.4 Å². The average molecular weight is 573 g/mol. The standard InChI is InChI=1S/C35H32N4O4/c1-23-16-18-26(19-17-23)36-33(40)29(20-24-10-5-3-6-11-24)39-22-30-31(34(39)41)32(37-35(42)38(30)2)25-12-9-15-28(21-25)43-27-13-7-4-8-14-27/h3-19,21,29,32H,20,22H2,1-2H3,(H,36,40)(H,37,42)/t29-,32+/m1/s1. The van der Waals surface area contributed by atoms with Crippen molar-refractivity contribution in [1.82, 2.24) is 15.1 Å². The Morgan fingerprint density at radius 3 is 2.30 bits per heavy atom. The molecule has 0 spiro atoms. The average Bonchev–Trinajstić information content (AvgIpc) is 3.36. The molecule has 43 heavy (non-hydrogen) atoms. The van der Waals surface area contributed by atoms with E-state index < -0.39 is 12.1 Å². The third kappa shape index (κ3) is 5.85. The fraction of sp³-hybridized carbons (Fsp3) is 0.171. The van der Waals surface area contributed by atoms with Gasteiger partial charge in [0.2, 0.25) is 5.91 Å². The number of ether oxygens (including phenoxy) is 1. The summed E-state index contributed by atoms with van der Waals surface area (Å²) in [6.07, 6.45) is 0.320. The van der Waals surface area contributed by atoms with E-state index in [0.717, 1.165) is 11.1 Å². The van der Waals surface area contributed by atoms with Crippen molar-refractivity contribution in [3.05, 3.63) is 137 Å². The van der Waals surface area contributed by atoms with Crippen LogP contribution in [0.15, 0.2) is 120 Å². The molecule has 4 aromatic carbocycles. The molecule has 0 unspecified atom stereocenters. The molecule has 0 fully saturated rings. The van der Waals surface area contributed by atoms with Gasteiger partial charge in [0, 0.05) is 19.2 Å². The SMILES string of the molecule is Cc1ccc(NC(=O)[C@@H](Cc2ccccc2)N2CC3=C(C2=O)[C@H](c2cccc(Oc4ccccc4)c2)NC(=O)N3C)cc1. The van der Waals surface area contributed by atoms with Crippen LogP contribution in [0.4, 0.5) is 10.5 Å². The lowest BCUT2D eigenvalue weighted by molar-refractivity contribution is -0.134. The molecule has 2 aliphatic heterocycles. The Labute approximate surface area is 250 Å². The Morgan fingerprint density at radius 2 is 1.58 bits per heavy atom. The van der Waals surface area contributed by atoms with Gasteiger partial charge in [0.05, 0.1) is 23.9 Å². The Kier molecular flexibility index (Phi) is 7.66. The van der Waals surface area contributed by atoms with Crippen LogP contribution in [0.25, 0.3) is 0 Å². The van der Waals surface area contributed by atoms with Crippen LogP contribution in [0.1, 0.15) is 22.7 Å². The minimum absolute atomic E-state index is 0.133. The summed E-state index contributed by atoms with van der Waals surface area (Å²) in [6.45, 7) is 2.11. The molecule has 2 heterocycles. The summed E-state index contributed by atoms with van der Waals surface area (Å²) in [7, 11) is 1.64. The monoisotopic (exact) mass is 572 g/mol. The summed E-state index contributed by atoms with van der Waals surface area (Å²) in [5.41, 5.74) is 4.39. The number of hydrogen-bond acceptors (Lipinski definition) is 4. The fourth-order valence-electron chi connectivity index (χ4n) is 5.52. The van der Waals surface area contributed by atoms with E-state index in [4.69, 9.17) is 4.74 Å².